The van der Waals surface area contributed by atoms with E-state index in [1.54, 1.807) is 24.3 Å². The summed E-state index contributed by atoms with van der Waals surface area (Å²) in [5.74, 6) is -1.12. The number of ketones is 1. The number of carbonyl (C=O) groups is 2. The Kier molecular flexibility index (Phi) is 5.94. The Labute approximate surface area is 170 Å². The zero-order chi connectivity index (χ0) is 21.0. The van der Waals surface area contributed by atoms with Gasteiger partial charge in [0.25, 0.3) is 11.6 Å². The molecule has 1 amide bonds. The number of fused-ring (bicyclic) bond motifs is 1. The highest BCUT2D eigenvalue weighted by molar-refractivity contribution is 6.31. The highest BCUT2D eigenvalue weighted by Gasteiger charge is 2.23. The Bertz CT molecular complexity index is 1130. The number of nitro groups is 1. The van der Waals surface area contributed by atoms with Gasteiger partial charge in [-0.3, -0.25) is 19.7 Å². The molecule has 3 aromatic carbocycles. The Morgan fingerprint density at radius 1 is 1.03 bits per heavy atom. The van der Waals surface area contributed by atoms with E-state index in [0.717, 1.165) is 10.8 Å². The third kappa shape index (κ3) is 4.99. The maximum Gasteiger partial charge on any atom is 0.269 e. The van der Waals surface area contributed by atoms with E-state index < -0.39 is 22.7 Å². The molecule has 0 radical (unpaired) electrons. The molecule has 1 atom stereocenters. The van der Waals surface area contributed by atoms with Crippen LogP contribution in [0.15, 0.2) is 70.9 Å². The van der Waals surface area contributed by atoms with Crippen LogP contribution in [0.25, 0.3) is 10.8 Å². The number of nitro benzene ring substituents is 1. The molecule has 1 unspecified atom stereocenters. The second-order valence-electron chi connectivity index (χ2n) is 6.20. The lowest BCUT2D eigenvalue weighted by molar-refractivity contribution is -0.384. The number of hydrogen-bond acceptors (Lipinski definition) is 6. The molecule has 0 aliphatic rings. The normalized spacial score (nSPS) is 12.1. The minimum absolute atomic E-state index is 0.0961. The average molecular weight is 411 g/mol. The molecule has 0 saturated carbocycles. The number of non-ortho nitro benzene ring substituents is 1. The van der Waals surface area contributed by atoms with Crippen LogP contribution < -0.4 is 5.32 Å². The lowest BCUT2D eigenvalue weighted by Crippen LogP contribution is -2.31. The average Bonchev–Trinajstić information content (AvgIpc) is 2.68. The van der Waals surface area contributed by atoms with Gasteiger partial charge in [0.1, 0.15) is 0 Å². The summed E-state index contributed by atoms with van der Waals surface area (Å²) >= 11 is 6.00. The zero-order valence-electron chi connectivity index (χ0n) is 15.2. The summed E-state index contributed by atoms with van der Waals surface area (Å²) in [5.41, 5.74) is 0.678. The monoisotopic (exact) mass is 410 g/mol. The molecule has 0 fully saturated rings. The highest BCUT2D eigenvalue weighted by atomic mass is 35.5. The first-order valence-corrected chi connectivity index (χ1v) is 8.87. The second kappa shape index (κ2) is 8.57. The Morgan fingerprint density at radius 2 is 1.72 bits per heavy atom. The lowest BCUT2D eigenvalue weighted by Gasteiger charge is -2.10. The van der Waals surface area contributed by atoms with E-state index in [-0.39, 0.29) is 11.4 Å². The molecular formula is C20H15ClN4O4. The molecule has 0 aliphatic heterocycles. The predicted octanol–water partition coefficient (Wildman–Crippen LogP) is 5.08. The van der Waals surface area contributed by atoms with Crippen LogP contribution in [-0.2, 0) is 9.59 Å². The first-order chi connectivity index (χ1) is 13.8. The second-order valence-corrected chi connectivity index (χ2v) is 6.63. The van der Waals surface area contributed by atoms with Gasteiger partial charge in [0.05, 0.1) is 10.6 Å². The number of benzene rings is 3. The van der Waals surface area contributed by atoms with Crippen LogP contribution in [0.4, 0.5) is 17.1 Å². The van der Waals surface area contributed by atoms with E-state index in [4.69, 9.17) is 11.6 Å². The van der Waals surface area contributed by atoms with Gasteiger partial charge in [0.2, 0.25) is 6.04 Å². The van der Waals surface area contributed by atoms with Gasteiger partial charge in [-0.25, -0.2) is 0 Å². The van der Waals surface area contributed by atoms with Crippen LogP contribution >= 0.6 is 11.6 Å². The van der Waals surface area contributed by atoms with Crippen molar-refractivity contribution in [2.45, 2.75) is 13.0 Å². The molecule has 0 saturated heterocycles. The van der Waals surface area contributed by atoms with Gasteiger partial charge < -0.3 is 5.32 Å². The Morgan fingerprint density at radius 3 is 2.38 bits per heavy atom. The molecule has 3 rings (SSSR count). The minimum Gasteiger partial charge on any atom is -0.324 e. The Hall–Kier alpha value is -3.65. The molecule has 0 aliphatic carbocycles. The number of halogens is 1. The van der Waals surface area contributed by atoms with E-state index in [1.165, 1.54) is 31.2 Å². The molecule has 9 heteroatoms. The number of anilines is 1. The number of nitrogens with zero attached hydrogens (tertiary/aromatic N) is 3. The van der Waals surface area contributed by atoms with Crippen molar-refractivity contribution in [2.24, 2.45) is 10.2 Å². The van der Waals surface area contributed by atoms with Crippen molar-refractivity contribution in [3.05, 3.63) is 75.8 Å². The van der Waals surface area contributed by atoms with Crippen molar-refractivity contribution >= 4 is 51.1 Å². The van der Waals surface area contributed by atoms with Crippen LogP contribution in [0.2, 0.25) is 5.02 Å². The largest absolute Gasteiger partial charge is 0.324 e. The molecule has 3 aromatic rings. The molecule has 29 heavy (non-hydrogen) atoms. The van der Waals surface area contributed by atoms with E-state index in [1.807, 2.05) is 12.1 Å². The molecule has 8 nitrogen and oxygen atoms in total. The topological polar surface area (TPSA) is 114 Å². The number of hydrogen-bond donors (Lipinski definition) is 1. The minimum atomic E-state index is -1.35. The van der Waals surface area contributed by atoms with Crippen LogP contribution in [0.3, 0.4) is 0 Å². The molecule has 1 N–H and O–H groups in total. The lowest BCUT2D eigenvalue weighted by atomic mass is 10.1. The van der Waals surface area contributed by atoms with Gasteiger partial charge in [-0.15, -0.1) is 0 Å². The highest BCUT2D eigenvalue weighted by Crippen LogP contribution is 2.23. The summed E-state index contributed by atoms with van der Waals surface area (Å²) in [7, 11) is 0. The number of nitrogens with one attached hydrogen (secondary N) is 1. The summed E-state index contributed by atoms with van der Waals surface area (Å²) < 4.78 is 0. The van der Waals surface area contributed by atoms with Gasteiger partial charge in [-0.2, -0.15) is 10.2 Å². The fourth-order valence-electron chi connectivity index (χ4n) is 2.59. The fraction of sp³-hybridized carbons (Fsp3) is 0.100. The third-order valence-electron chi connectivity index (χ3n) is 4.05. The van der Waals surface area contributed by atoms with Gasteiger partial charge in [-0.1, -0.05) is 23.7 Å². The molecular weight excluding hydrogens is 396 g/mol. The van der Waals surface area contributed by atoms with E-state index in [9.17, 15) is 19.7 Å². The van der Waals surface area contributed by atoms with Crippen molar-refractivity contribution in [2.75, 3.05) is 5.32 Å². The summed E-state index contributed by atoms with van der Waals surface area (Å²) in [6.07, 6.45) is 0. The molecule has 0 aromatic heterocycles. The van der Waals surface area contributed by atoms with E-state index in [0.29, 0.717) is 10.7 Å². The molecule has 0 spiro atoms. The van der Waals surface area contributed by atoms with Crippen molar-refractivity contribution in [1.82, 2.24) is 0 Å². The van der Waals surface area contributed by atoms with E-state index in [2.05, 4.69) is 15.5 Å². The van der Waals surface area contributed by atoms with Crippen LogP contribution in [0, 0.1) is 10.1 Å². The maximum atomic E-state index is 12.5. The van der Waals surface area contributed by atoms with Crippen molar-refractivity contribution in [1.29, 1.82) is 0 Å². The first-order valence-electron chi connectivity index (χ1n) is 8.49. The van der Waals surface area contributed by atoms with Crippen molar-refractivity contribution in [3.8, 4) is 0 Å². The summed E-state index contributed by atoms with van der Waals surface area (Å²) in [6, 6.07) is 14.6. The number of Topliss-reactive ketones (excluding diaryl/α,β-unsaturated/α-hetero) is 1. The SMILES string of the molecule is CC(=O)C(N=Nc1ccc([N+](=O)[O-])cc1)C(=O)Nc1ccc2ccc(Cl)cc2c1. The Balaban J connectivity index is 1.77. The van der Waals surface area contributed by atoms with Crippen LogP contribution in [-0.4, -0.2) is 22.7 Å². The van der Waals surface area contributed by atoms with Crippen molar-refractivity contribution in [3.63, 3.8) is 0 Å². The van der Waals surface area contributed by atoms with Gasteiger partial charge in [0, 0.05) is 22.8 Å². The van der Waals surface area contributed by atoms with Gasteiger partial charge in [0.15, 0.2) is 5.78 Å². The summed E-state index contributed by atoms with van der Waals surface area (Å²) in [4.78, 5) is 34.5. The number of azo groups is 1. The van der Waals surface area contributed by atoms with Crippen LogP contribution in [0.1, 0.15) is 6.92 Å². The summed E-state index contributed by atoms with van der Waals surface area (Å²) in [5, 5.41) is 23.4. The molecule has 146 valence electrons. The molecule has 0 bridgehead atoms. The quantitative estimate of drug-likeness (QED) is 0.264. The number of amides is 1. The van der Waals surface area contributed by atoms with Gasteiger partial charge >= 0.3 is 0 Å². The summed E-state index contributed by atoms with van der Waals surface area (Å²) in [6.45, 7) is 1.24. The number of rotatable bonds is 6. The third-order valence-corrected chi connectivity index (χ3v) is 4.29. The molecule has 0 heterocycles. The number of carbonyl (C=O) groups excluding carboxylic acids is 2. The van der Waals surface area contributed by atoms with Crippen molar-refractivity contribution < 1.29 is 14.5 Å². The van der Waals surface area contributed by atoms with Gasteiger partial charge in [-0.05, 0) is 54.1 Å². The smallest absolute Gasteiger partial charge is 0.269 e. The fourth-order valence-corrected chi connectivity index (χ4v) is 2.77. The predicted molar refractivity (Wildman–Crippen MR) is 110 cm³/mol. The maximum absolute atomic E-state index is 12.5. The first kappa shape index (κ1) is 20.1. The van der Waals surface area contributed by atoms with E-state index >= 15 is 0 Å². The standard InChI is InChI=1S/C20H15ClN4O4/c1-12(26)19(24-23-16-6-8-18(9-7-16)25(28)29)20(27)22-17-5-3-13-2-4-15(21)10-14(13)11-17/h2-11,19H,1H3,(H,22,27). The van der Waals surface area contributed by atoms with Crippen LogP contribution in [0.5, 0.6) is 0 Å². The zero-order valence-corrected chi connectivity index (χ0v) is 16.0.